The van der Waals surface area contributed by atoms with Gasteiger partial charge in [-0.25, -0.2) is 0 Å². The Morgan fingerprint density at radius 2 is 1.92 bits per heavy atom. The standard InChI is InChI=1S/C19H17NO5/c1-23-15-10-12(11-21)8-9-14(15)17-16(19(22)24-2)18(25-20-17)13-6-4-3-5-7-13/h3-11,16,18H,1-2H3. The van der Waals surface area contributed by atoms with Gasteiger partial charge in [-0.15, -0.1) is 0 Å². The van der Waals surface area contributed by atoms with Crippen LogP contribution in [-0.4, -0.2) is 32.2 Å². The number of nitrogens with zero attached hydrogens (tertiary/aromatic N) is 1. The van der Waals surface area contributed by atoms with Gasteiger partial charge in [0.2, 0.25) is 0 Å². The molecular weight excluding hydrogens is 322 g/mol. The first-order valence-corrected chi connectivity index (χ1v) is 7.69. The Kier molecular flexibility index (Phi) is 4.79. The van der Waals surface area contributed by atoms with Gasteiger partial charge in [0.15, 0.2) is 6.10 Å². The summed E-state index contributed by atoms with van der Waals surface area (Å²) in [5.74, 6) is -0.746. The highest BCUT2D eigenvalue weighted by molar-refractivity contribution is 6.14. The molecule has 6 nitrogen and oxygen atoms in total. The molecule has 25 heavy (non-hydrogen) atoms. The van der Waals surface area contributed by atoms with Crippen molar-refractivity contribution < 1.29 is 23.9 Å². The van der Waals surface area contributed by atoms with Crippen molar-refractivity contribution in [3.63, 3.8) is 0 Å². The summed E-state index contributed by atoms with van der Waals surface area (Å²) in [6, 6.07) is 14.3. The Hall–Kier alpha value is -3.15. The van der Waals surface area contributed by atoms with Crippen molar-refractivity contribution in [2.75, 3.05) is 14.2 Å². The number of methoxy groups -OCH3 is 2. The number of aldehydes is 1. The number of hydrogen-bond donors (Lipinski definition) is 0. The van der Waals surface area contributed by atoms with Gasteiger partial charge in [0.1, 0.15) is 23.7 Å². The Labute approximate surface area is 145 Å². The van der Waals surface area contributed by atoms with Crippen molar-refractivity contribution >= 4 is 18.0 Å². The highest BCUT2D eigenvalue weighted by Gasteiger charge is 2.43. The molecule has 0 amide bonds. The molecule has 2 unspecified atom stereocenters. The lowest BCUT2D eigenvalue weighted by Gasteiger charge is -2.18. The number of esters is 1. The zero-order chi connectivity index (χ0) is 17.8. The predicted molar refractivity (Wildman–Crippen MR) is 90.7 cm³/mol. The van der Waals surface area contributed by atoms with E-state index in [2.05, 4.69) is 5.16 Å². The summed E-state index contributed by atoms with van der Waals surface area (Å²) < 4.78 is 10.3. The van der Waals surface area contributed by atoms with E-state index in [9.17, 15) is 9.59 Å². The molecule has 1 aliphatic rings. The largest absolute Gasteiger partial charge is 0.496 e. The third-order valence-corrected chi connectivity index (χ3v) is 4.08. The maximum atomic E-state index is 12.4. The van der Waals surface area contributed by atoms with Crippen LogP contribution in [0.5, 0.6) is 5.75 Å². The van der Waals surface area contributed by atoms with Gasteiger partial charge in [0.05, 0.1) is 14.2 Å². The summed E-state index contributed by atoms with van der Waals surface area (Å²) in [4.78, 5) is 29.0. The molecule has 0 radical (unpaired) electrons. The Morgan fingerprint density at radius 1 is 1.16 bits per heavy atom. The van der Waals surface area contributed by atoms with Crippen molar-refractivity contribution in [1.82, 2.24) is 0 Å². The lowest BCUT2D eigenvalue weighted by atomic mass is 9.88. The minimum atomic E-state index is -0.733. The highest BCUT2D eigenvalue weighted by Crippen LogP contribution is 2.38. The molecule has 1 aliphatic heterocycles. The second kappa shape index (κ2) is 7.17. The summed E-state index contributed by atoms with van der Waals surface area (Å²) in [6.45, 7) is 0. The summed E-state index contributed by atoms with van der Waals surface area (Å²) in [7, 11) is 2.82. The molecule has 0 bridgehead atoms. The average Bonchev–Trinajstić information content (AvgIpc) is 3.12. The van der Waals surface area contributed by atoms with Crippen molar-refractivity contribution in [3.8, 4) is 5.75 Å². The second-order valence-corrected chi connectivity index (χ2v) is 5.49. The number of oxime groups is 1. The molecule has 2 aromatic rings. The molecule has 128 valence electrons. The second-order valence-electron chi connectivity index (χ2n) is 5.49. The first kappa shape index (κ1) is 16.7. The number of hydrogen-bond acceptors (Lipinski definition) is 6. The minimum Gasteiger partial charge on any atom is -0.496 e. The molecule has 0 fully saturated rings. The molecule has 1 heterocycles. The smallest absolute Gasteiger partial charge is 0.319 e. The highest BCUT2D eigenvalue weighted by atomic mass is 16.6. The molecule has 0 N–H and O–H groups in total. The van der Waals surface area contributed by atoms with Crippen LogP contribution >= 0.6 is 0 Å². The zero-order valence-corrected chi connectivity index (χ0v) is 13.8. The van der Waals surface area contributed by atoms with Crippen molar-refractivity contribution in [2.24, 2.45) is 11.1 Å². The summed E-state index contributed by atoms with van der Waals surface area (Å²) >= 11 is 0. The maximum Gasteiger partial charge on any atom is 0.319 e. The minimum absolute atomic E-state index is 0.412. The fourth-order valence-corrected chi connectivity index (χ4v) is 2.84. The van der Waals surface area contributed by atoms with E-state index in [4.69, 9.17) is 14.3 Å². The lowest BCUT2D eigenvalue weighted by molar-refractivity contribution is -0.146. The number of ether oxygens (including phenoxy) is 2. The third kappa shape index (κ3) is 3.10. The van der Waals surface area contributed by atoms with Crippen LogP contribution in [0.4, 0.5) is 0 Å². The molecule has 6 heteroatoms. The van der Waals surface area contributed by atoms with Crippen LogP contribution in [0.25, 0.3) is 0 Å². The van der Waals surface area contributed by atoms with Crippen LogP contribution in [-0.2, 0) is 14.4 Å². The molecule has 3 rings (SSSR count). The van der Waals surface area contributed by atoms with Gasteiger partial charge in [0.25, 0.3) is 0 Å². The van der Waals surface area contributed by atoms with Gasteiger partial charge in [0, 0.05) is 11.1 Å². The molecule has 2 aromatic carbocycles. The molecular formula is C19H17NO5. The third-order valence-electron chi connectivity index (χ3n) is 4.08. The molecule has 0 spiro atoms. The first-order chi connectivity index (χ1) is 12.2. The van der Waals surface area contributed by atoms with Crippen LogP contribution in [0.3, 0.4) is 0 Å². The van der Waals surface area contributed by atoms with E-state index in [1.165, 1.54) is 14.2 Å². The van der Waals surface area contributed by atoms with E-state index < -0.39 is 18.0 Å². The van der Waals surface area contributed by atoms with Crippen molar-refractivity contribution in [2.45, 2.75) is 6.10 Å². The van der Waals surface area contributed by atoms with Crippen molar-refractivity contribution in [3.05, 3.63) is 65.2 Å². The monoisotopic (exact) mass is 339 g/mol. The van der Waals surface area contributed by atoms with E-state index in [1.807, 2.05) is 30.3 Å². The molecule has 2 atom stereocenters. The normalized spacial score (nSPS) is 18.9. The van der Waals surface area contributed by atoms with Gasteiger partial charge in [-0.1, -0.05) is 41.6 Å². The van der Waals surface area contributed by atoms with E-state index in [1.54, 1.807) is 18.2 Å². The lowest BCUT2D eigenvalue weighted by Crippen LogP contribution is -2.28. The van der Waals surface area contributed by atoms with Gasteiger partial charge in [-0.2, -0.15) is 0 Å². The first-order valence-electron chi connectivity index (χ1n) is 7.69. The van der Waals surface area contributed by atoms with Gasteiger partial charge in [-0.3, -0.25) is 9.59 Å². The number of carbonyl (C=O) groups is 2. The van der Waals surface area contributed by atoms with Gasteiger partial charge < -0.3 is 14.3 Å². The summed E-state index contributed by atoms with van der Waals surface area (Å²) in [5, 5.41) is 4.13. The van der Waals surface area contributed by atoms with Crippen LogP contribution in [0.2, 0.25) is 0 Å². The topological polar surface area (TPSA) is 74.2 Å². The van der Waals surface area contributed by atoms with Crippen LogP contribution in [0.1, 0.15) is 27.6 Å². The van der Waals surface area contributed by atoms with E-state index in [0.29, 0.717) is 22.6 Å². The summed E-state index contributed by atoms with van der Waals surface area (Å²) in [5.41, 5.74) is 2.28. The molecule has 0 saturated heterocycles. The van der Waals surface area contributed by atoms with Gasteiger partial charge >= 0.3 is 5.97 Å². The predicted octanol–water partition coefficient (Wildman–Crippen LogP) is 2.77. The van der Waals surface area contributed by atoms with Crippen LogP contribution in [0.15, 0.2) is 53.7 Å². The number of carbonyl (C=O) groups excluding carboxylic acids is 2. The fraction of sp³-hybridized carbons (Fsp3) is 0.211. The van der Waals surface area contributed by atoms with E-state index >= 15 is 0 Å². The van der Waals surface area contributed by atoms with Crippen LogP contribution in [0, 0.1) is 5.92 Å². The molecule has 0 saturated carbocycles. The molecule has 0 aliphatic carbocycles. The maximum absolute atomic E-state index is 12.4. The number of benzene rings is 2. The Bertz CT molecular complexity index is 816. The Balaban J connectivity index is 2.04. The van der Waals surface area contributed by atoms with E-state index in [0.717, 1.165) is 11.8 Å². The molecule has 0 aromatic heterocycles. The summed E-state index contributed by atoms with van der Waals surface area (Å²) in [6.07, 6.45) is 0.142. The number of rotatable bonds is 5. The zero-order valence-electron chi connectivity index (χ0n) is 13.8. The van der Waals surface area contributed by atoms with Crippen molar-refractivity contribution in [1.29, 1.82) is 0 Å². The fourth-order valence-electron chi connectivity index (χ4n) is 2.84. The van der Waals surface area contributed by atoms with E-state index in [-0.39, 0.29) is 0 Å². The average molecular weight is 339 g/mol. The Morgan fingerprint density at radius 3 is 2.56 bits per heavy atom. The van der Waals surface area contributed by atoms with Gasteiger partial charge in [-0.05, 0) is 17.7 Å². The SMILES string of the molecule is COC(=O)C1C(c2ccc(C=O)cc2OC)=NOC1c1ccccc1. The quantitative estimate of drug-likeness (QED) is 0.618. The van der Waals surface area contributed by atoms with Crippen LogP contribution < -0.4 is 4.74 Å².